The second-order valence-corrected chi connectivity index (χ2v) is 3.52. The normalized spacial score (nSPS) is 22.9. The van der Waals surface area contributed by atoms with Gasteiger partial charge in [0.1, 0.15) is 0 Å². The van der Waals surface area contributed by atoms with Gasteiger partial charge in [0.05, 0.1) is 0 Å². The van der Waals surface area contributed by atoms with Gasteiger partial charge in [0.15, 0.2) is 0 Å². The Hall–Kier alpha value is -1.32. The van der Waals surface area contributed by atoms with Gasteiger partial charge in [-0.3, -0.25) is 9.59 Å². The van der Waals surface area contributed by atoms with Crippen molar-refractivity contribution in [1.29, 1.82) is 0 Å². The van der Waals surface area contributed by atoms with E-state index >= 15 is 0 Å². The number of nitrogens with zero attached hydrogens (tertiary/aromatic N) is 1. The van der Waals surface area contributed by atoms with E-state index in [0.717, 1.165) is 6.42 Å². The first kappa shape index (κ1) is 10.8. The molecular weight excluding hydrogens is 180 g/mol. The Kier molecular flexibility index (Phi) is 3.68. The van der Waals surface area contributed by atoms with Crippen LogP contribution in [-0.2, 0) is 9.59 Å². The lowest BCUT2D eigenvalue weighted by Crippen LogP contribution is -2.48. The summed E-state index contributed by atoms with van der Waals surface area (Å²) in [4.78, 5) is 24.0. The lowest BCUT2D eigenvalue weighted by molar-refractivity contribution is -0.133. The van der Waals surface area contributed by atoms with Gasteiger partial charge in [-0.05, 0) is 19.4 Å². The van der Waals surface area contributed by atoms with Crippen molar-refractivity contribution in [3.05, 3.63) is 12.2 Å². The van der Waals surface area contributed by atoms with Crippen LogP contribution in [0.5, 0.6) is 0 Å². The molecule has 1 heterocycles. The first-order valence-corrected chi connectivity index (χ1v) is 4.80. The summed E-state index contributed by atoms with van der Waals surface area (Å²) in [5, 5.41) is 2.85. The fourth-order valence-corrected chi connectivity index (χ4v) is 1.53. The number of hydrogen-bond donors (Lipinski definition) is 1. The molecule has 0 saturated carbocycles. The third-order valence-corrected chi connectivity index (χ3v) is 2.29. The fourth-order valence-electron chi connectivity index (χ4n) is 1.53. The van der Waals surface area contributed by atoms with E-state index in [1.807, 2.05) is 0 Å². The summed E-state index contributed by atoms with van der Waals surface area (Å²) in [7, 11) is 1.76. The molecule has 1 N–H and O–H groups in total. The molecule has 1 fully saturated rings. The number of amides is 2. The summed E-state index contributed by atoms with van der Waals surface area (Å²) in [5.41, 5.74) is 0. The first-order chi connectivity index (χ1) is 6.63. The van der Waals surface area contributed by atoms with Crippen LogP contribution in [0.3, 0.4) is 0 Å². The van der Waals surface area contributed by atoms with Crippen molar-refractivity contribution in [1.82, 2.24) is 10.2 Å². The molecule has 0 bridgehead atoms. The highest BCUT2D eigenvalue weighted by molar-refractivity contribution is 5.87. The molecule has 1 rings (SSSR count). The first-order valence-electron chi connectivity index (χ1n) is 4.80. The molecule has 0 aromatic heterocycles. The molecule has 4 heteroatoms. The molecule has 14 heavy (non-hydrogen) atoms. The van der Waals surface area contributed by atoms with Gasteiger partial charge in [0, 0.05) is 26.1 Å². The average Bonchev–Trinajstić information content (AvgIpc) is 2.12. The number of allylic oxidation sites excluding steroid dienone is 1. The van der Waals surface area contributed by atoms with Gasteiger partial charge in [-0.15, -0.1) is 0 Å². The topological polar surface area (TPSA) is 49.4 Å². The smallest absolute Gasteiger partial charge is 0.243 e. The largest absolute Gasteiger partial charge is 0.348 e. The predicted octanol–water partition coefficient (Wildman–Crippen LogP) is 0.299. The minimum absolute atomic E-state index is 0.0831. The molecule has 0 aromatic rings. The maximum Gasteiger partial charge on any atom is 0.243 e. The van der Waals surface area contributed by atoms with Crippen molar-refractivity contribution in [3.8, 4) is 0 Å². The number of hydrogen-bond acceptors (Lipinski definition) is 2. The third-order valence-electron chi connectivity index (χ3n) is 2.29. The van der Waals surface area contributed by atoms with Crippen molar-refractivity contribution in [3.63, 3.8) is 0 Å². The van der Waals surface area contributed by atoms with Gasteiger partial charge in [-0.25, -0.2) is 0 Å². The van der Waals surface area contributed by atoms with Crippen LogP contribution < -0.4 is 5.32 Å². The van der Waals surface area contributed by atoms with Crippen LogP contribution in [0.2, 0.25) is 0 Å². The van der Waals surface area contributed by atoms with Gasteiger partial charge >= 0.3 is 0 Å². The number of carbonyl (C=O) groups excluding carboxylic acids is 2. The van der Waals surface area contributed by atoms with Gasteiger partial charge in [0.25, 0.3) is 0 Å². The molecule has 1 unspecified atom stereocenters. The van der Waals surface area contributed by atoms with E-state index in [9.17, 15) is 9.59 Å². The molecular formula is C10H16N2O2. The molecule has 1 atom stereocenters. The Bertz CT molecular complexity index is 261. The summed E-state index contributed by atoms with van der Waals surface area (Å²) in [6, 6.07) is 0.0985. The standard InChI is InChI=1S/C10H16N2O2/c1-3-4-9(13)11-8-5-6-10(14)12(2)7-8/h3-4,8H,5-7H2,1-2H3,(H,11,13)/b4-3+. The van der Waals surface area contributed by atoms with Gasteiger partial charge in [-0.2, -0.15) is 0 Å². The van der Waals surface area contributed by atoms with Crippen LogP contribution in [0, 0.1) is 0 Å². The summed E-state index contributed by atoms with van der Waals surface area (Å²) < 4.78 is 0. The van der Waals surface area contributed by atoms with Crippen LogP contribution in [0.1, 0.15) is 19.8 Å². The molecule has 2 amide bonds. The number of piperidine rings is 1. The van der Waals surface area contributed by atoms with E-state index in [1.165, 1.54) is 6.08 Å². The molecule has 78 valence electrons. The highest BCUT2D eigenvalue weighted by atomic mass is 16.2. The number of likely N-dealkylation sites (tertiary alicyclic amines) is 1. The Labute approximate surface area is 84.0 Å². The maximum absolute atomic E-state index is 11.2. The number of carbonyl (C=O) groups is 2. The Morgan fingerprint density at radius 3 is 2.93 bits per heavy atom. The SMILES string of the molecule is C/C=C/C(=O)NC1CCC(=O)N(C)C1. The van der Waals surface area contributed by atoms with Crippen molar-refractivity contribution in [2.24, 2.45) is 0 Å². The van der Waals surface area contributed by atoms with Crippen molar-refractivity contribution >= 4 is 11.8 Å². The minimum atomic E-state index is -0.0831. The maximum atomic E-state index is 11.2. The van der Waals surface area contributed by atoms with E-state index in [2.05, 4.69) is 5.32 Å². The number of nitrogens with one attached hydrogen (secondary N) is 1. The Morgan fingerprint density at radius 2 is 2.36 bits per heavy atom. The summed E-state index contributed by atoms with van der Waals surface area (Å²) in [6.45, 7) is 2.41. The van der Waals surface area contributed by atoms with E-state index in [0.29, 0.717) is 13.0 Å². The van der Waals surface area contributed by atoms with Crippen LogP contribution in [0.25, 0.3) is 0 Å². The average molecular weight is 196 g/mol. The monoisotopic (exact) mass is 196 g/mol. The zero-order valence-corrected chi connectivity index (χ0v) is 8.62. The van der Waals surface area contributed by atoms with Crippen LogP contribution in [0.15, 0.2) is 12.2 Å². The Balaban J connectivity index is 2.40. The lowest BCUT2D eigenvalue weighted by atomic mass is 10.1. The van der Waals surface area contributed by atoms with Crippen molar-refractivity contribution in [2.75, 3.05) is 13.6 Å². The second kappa shape index (κ2) is 4.79. The van der Waals surface area contributed by atoms with Crippen LogP contribution in [-0.4, -0.2) is 36.3 Å². The van der Waals surface area contributed by atoms with E-state index in [4.69, 9.17) is 0 Å². The molecule has 0 aliphatic carbocycles. The molecule has 4 nitrogen and oxygen atoms in total. The predicted molar refractivity (Wildman–Crippen MR) is 53.6 cm³/mol. The quantitative estimate of drug-likeness (QED) is 0.646. The molecule has 1 aliphatic rings. The third kappa shape index (κ3) is 2.87. The highest BCUT2D eigenvalue weighted by Gasteiger charge is 2.23. The van der Waals surface area contributed by atoms with E-state index in [1.54, 1.807) is 24.9 Å². The second-order valence-electron chi connectivity index (χ2n) is 3.52. The van der Waals surface area contributed by atoms with E-state index < -0.39 is 0 Å². The van der Waals surface area contributed by atoms with Gasteiger partial charge < -0.3 is 10.2 Å². The summed E-state index contributed by atoms with van der Waals surface area (Å²) >= 11 is 0. The number of likely N-dealkylation sites (N-methyl/N-ethyl adjacent to an activating group) is 1. The molecule has 1 aliphatic heterocycles. The number of rotatable bonds is 2. The molecule has 0 aromatic carbocycles. The summed E-state index contributed by atoms with van der Waals surface area (Å²) in [5.74, 6) is 0.0711. The zero-order valence-electron chi connectivity index (χ0n) is 8.62. The van der Waals surface area contributed by atoms with Crippen molar-refractivity contribution < 1.29 is 9.59 Å². The highest BCUT2D eigenvalue weighted by Crippen LogP contribution is 2.09. The lowest BCUT2D eigenvalue weighted by Gasteiger charge is -2.29. The van der Waals surface area contributed by atoms with Gasteiger partial charge in [0.2, 0.25) is 11.8 Å². The summed E-state index contributed by atoms with van der Waals surface area (Å²) in [6.07, 6.45) is 4.47. The van der Waals surface area contributed by atoms with Crippen molar-refractivity contribution in [2.45, 2.75) is 25.8 Å². The Morgan fingerprint density at radius 1 is 1.64 bits per heavy atom. The van der Waals surface area contributed by atoms with Gasteiger partial charge in [-0.1, -0.05) is 6.08 Å². The fraction of sp³-hybridized carbons (Fsp3) is 0.600. The van der Waals surface area contributed by atoms with E-state index in [-0.39, 0.29) is 17.9 Å². The van der Waals surface area contributed by atoms with Crippen LogP contribution in [0.4, 0.5) is 0 Å². The zero-order chi connectivity index (χ0) is 10.6. The molecule has 0 radical (unpaired) electrons. The minimum Gasteiger partial charge on any atom is -0.348 e. The van der Waals surface area contributed by atoms with Crippen LogP contribution >= 0.6 is 0 Å². The molecule has 1 saturated heterocycles. The molecule has 0 spiro atoms.